The molecule has 11 heteroatoms. The van der Waals surface area contributed by atoms with Gasteiger partial charge in [0, 0.05) is 16.8 Å². The van der Waals surface area contributed by atoms with Crippen molar-refractivity contribution in [3.05, 3.63) is 57.1 Å². The number of benzene rings is 2. The summed E-state index contributed by atoms with van der Waals surface area (Å²) in [5.41, 5.74) is 0.245. The van der Waals surface area contributed by atoms with E-state index in [0.29, 0.717) is 5.56 Å². The molecular weight excluding hydrogens is 386 g/mol. The van der Waals surface area contributed by atoms with Crippen molar-refractivity contribution in [2.75, 3.05) is 11.9 Å². The summed E-state index contributed by atoms with van der Waals surface area (Å²) in [6.45, 7) is 1.04. The molecule has 9 nitrogen and oxygen atoms in total. The second-order valence-corrected chi connectivity index (χ2v) is 7.20. The number of nitro benzene ring substituents is 1. The number of hydrogen-bond donors (Lipinski definition) is 2. The minimum Gasteiger partial charge on any atom is -0.477 e. The van der Waals surface area contributed by atoms with Crippen molar-refractivity contribution in [3.8, 4) is 5.75 Å². The highest BCUT2D eigenvalue weighted by Crippen LogP contribution is 2.29. The summed E-state index contributed by atoms with van der Waals surface area (Å²) < 4.78 is 28.1. The van der Waals surface area contributed by atoms with Gasteiger partial charge in [-0.05, 0) is 36.8 Å². The van der Waals surface area contributed by atoms with Gasteiger partial charge < -0.3 is 10.1 Å². The van der Waals surface area contributed by atoms with Crippen molar-refractivity contribution in [2.24, 2.45) is 5.14 Å². The molecule has 0 bridgehead atoms. The zero-order chi connectivity index (χ0) is 19.5. The summed E-state index contributed by atoms with van der Waals surface area (Å²) in [6.07, 6.45) is 0. The number of ether oxygens (including phenoxy) is 1. The Morgan fingerprint density at radius 3 is 2.62 bits per heavy atom. The van der Waals surface area contributed by atoms with E-state index < -0.39 is 27.5 Å². The Bertz CT molecular complexity index is 977. The maximum Gasteiger partial charge on any atom is 0.312 e. The molecule has 0 heterocycles. The van der Waals surface area contributed by atoms with E-state index in [1.807, 2.05) is 0 Å². The molecule has 2 aromatic rings. The van der Waals surface area contributed by atoms with Crippen LogP contribution in [-0.2, 0) is 14.8 Å². The molecule has 2 aromatic carbocycles. The molecule has 0 atom stereocenters. The number of rotatable bonds is 6. The van der Waals surface area contributed by atoms with Gasteiger partial charge in [-0.1, -0.05) is 17.7 Å². The van der Waals surface area contributed by atoms with Gasteiger partial charge in [-0.15, -0.1) is 0 Å². The van der Waals surface area contributed by atoms with Gasteiger partial charge in [0.05, 0.1) is 9.82 Å². The molecule has 1 amide bonds. The van der Waals surface area contributed by atoms with Crippen molar-refractivity contribution in [1.82, 2.24) is 0 Å². The largest absolute Gasteiger partial charge is 0.477 e. The van der Waals surface area contributed by atoms with E-state index in [4.69, 9.17) is 21.5 Å². The third-order valence-corrected chi connectivity index (χ3v) is 4.54. The van der Waals surface area contributed by atoms with Crippen molar-refractivity contribution >= 4 is 38.9 Å². The molecule has 26 heavy (non-hydrogen) atoms. The zero-order valence-corrected chi connectivity index (χ0v) is 15.0. The first-order valence-electron chi connectivity index (χ1n) is 7.08. The second kappa shape index (κ2) is 7.68. The number of nitrogens with two attached hydrogens (primary N) is 1. The molecule has 0 aromatic heterocycles. The SMILES string of the molecule is Cc1ccc(NC(=O)COc2ccc(Cl)cc2[N+](=O)[O-])cc1S(N)(=O)=O. The Morgan fingerprint density at radius 2 is 2.00 bits per heavy atom. The number of carbonyl (C=O) groups is 1. The lowest BCUT2D eigenvalue weighted by molar-refractivity contribution is -0.385. The summed E-state index contributed by atoms with van der Waals surface area (Å²) in [7, 11) is -3.94. The average molecular weight is 400 g/mol. The van der Waals surface area contributed by atoms with Gasteiger partial charge in [-0.2, -0.15) is 0 Å². The van der Waals surface area contributed by atoms with Crippen LogP contribution in [0.4, 0.5) is 11.4 Å². The van der Waals surface area contributed by atoms with Crippen LogP contribution >= 0.6 is 11.6 Å². The van der Waals surface area contributed by atoms with Crippen LogP contribution in [0, 0.1) is 17.0 Å². The first kappa shape index (κ1) is 19.6. The molecule has 0 aliphatic carbocycles. The Hall–Kier alpha value is -2.69. The molecule has 0 fully saturated rings. The van der Waals surface area contributed by atoms with E-state index in [0.717, 1.165) is 6.07 Å². The summed E-state index contributed by atoms with van der Waals surface area (Å²) in [4.78, 5) is 22.1. The first-order valence-corrected chi connectivity index (χ1v) is 9.00. The normalized spacial score (nSPS) is 11.0. The summed E-state index contributed by atoms with van der Waals surface area (Å²) in [5.74, 6) is -0.762. The number of nitrogens with zero attached hydrogens (tertiary/aromatic N) is 1. The predicted molar refractivity (Wildman–Crippen MR) is 94.8 cm³/mol. The standard InChI is InChI=1S/C15H14ClN3O6S/c1-9-2-4-11(7-14(9)26(17,23)24)18-15(20)8-25-13-5-3-10(16)6-12(13)19(21)22/h2-7H,8H2,1H3,(H,18,20)(H2,17,23,24). The number of nitro groups is 1. The van der Waals surface area contributed by atoms with Crippen LogP contribution in [0.3, 0.4) is 0 Å². The van der Waals surface area contributed by atoms with Gasteiger partial charge in [-0.3, -0.25) is 14.9 Å². The van der Waals surface area contributed by atoms with Crippen LogP contribution in [0.5, 0.6) is 5.75 Å². The van der Waals surface area contributed by atoms with Crippen molar-refractivity contribution < 1.29 is 22.9 Å². The van der Waals surface area contributed by atoms with Crippen LogP contribution < -0.4 is 15.2 Å². The highest BCUT2D eigenvalue weighted by Gasteiger charge is 2.17. The highest BCUT2D eigenvalue weighted by molar-refractivity contribution is 7.89. The third kappa shape index (κ3) is 4.91. The molecular formula is C15H14ClN3O6S. The number of amides is 1. The Kier molecular flexibility index (Phi) is 5.80. The van der Waals surface area contributed by atoms with E-state index in [1.165, 1.54) is 30.3 Å². The Balaban J connectivity index is 2.10. The summed E-state index contributed by atoms with van der Waals surface area (Å²) >= 11 is 5.70. The van der Waals surface area contributed by atoms with Crippen molar-refractivity contribution in [2.45, 2.75) is 11.8 Å². The monoisotopic (exact) mass is 399 g/mol. The molecule has 0 aliphatic rings. The smallest absolute Gasteiger partial charge is 0.312 e. The fraction of sp³-hybridized carbons (Fsp3) is 0.133. The molecule has 2 rings (SSSR count). The van der Waals surface area contributed by atoms with Gasteiger partial charge in [-0.25, -0.2) is 13.6 Å². The molecule has 0 saturated carbocycles. The maximum atomic E-state index is 12.0. The van der Waals surface area contributed by atoms with E-state index in [1.54, 1.807) is 6.92 Å². The fourth-order valence-electron chi connectivity index (χ4n) is 2.08. The molecule has 0 radical (unpaired) electrons. The number of halogens is 1. The second-order valence-electron chi connectivity index (χ2n) is 5.23. The van der Waals surface area contributed by atoms with Crippen LogP contribution in [0.1, 0.15) is 5.56 Å². The van der Waals surface area contributed by atoms with Crippen LogP contribution in [0.25, 0.3) is 0 Å². The number of carbonyl (C=O) groups excluding carboxylic acids is 1. The molecule has 3 N–H and O–H groups in total. The molecule has 0 saturated heterocycles. The van der Waals surface area contributed by atoms with Gasteiger partial charge in [0.2, 0.25) is 10.0 Å². The Labute approximate surface area is 153 Å². The first-order chi connectivity index (χ1) is 12.1. The number of aryl methyl sites for hydroxylation is 1. The van der Waals surface area contributed by atoms with E-state index in [2.05, 4.69) is 5.32 Å². The van der Waals surface area contributed by atoms with E-state index in [-0.39, 0.29) is 27.0 Å². The summed E-state index contributed by atoms with van der Waals surface area (Å²) in [6, 6.07) is 7.96. The summed E-state index contributed by atoms with van der Waals surface area (Å²) in [5, 5.41) is 18.7. The van der Waals surface area contributed by atoms with E-state index in [9.17, 15) is 23.3 Å². The van der Waals surface area contributed by atoms with Gasteiger partial charge >= 0.3 is 5.69 Å². The Morgan fingerprint density at radius 1 is 1.31 bits per heavy atom. The van der Waals surface area contributed by atoms with Crippen LogP contribution in [0.15, 0.2) is 41.3 Å². The zero-order valence-electron chi connectivity index (χ0n) is 13.4. The quantitative estimate of drug-likeness (QED) is 0.563. The minimum absolute atomic E-state index is 0.121. The lowest BCUT2D eigenvalue weighted by atomic mass is 10.2. The lowest BCUT2D eigenvalue weighted by Crippen LogP contribution is -2.21. The van der Waals surface area contributed by atoms with Gasteiger partial charge in [0.15, 0.2) is 12.4 Å². The molecule has 0 unspecified atom stereocenters. The van der Waals surface area contributed by atoms with Gasteiger partial charge in [0.25, 0.3) is 5.91 Å². The predicted octanol–water partition coefficient (Wildman–Crippen LogP) is 2.22. The number of primary sulfonamides is 1. The molecule has 0 spiro atoms. The number of hydrogen-bond acceptors (Lipinski definition) is 6. The highest BCUT2D eigenvalue weighted by atomic mass is 35.5. The number of sulfonamides is 1. The van der Waals surface area contributed by atoms with Gasteiger partial charge in [0.1, 0.15) is 0 Å². The third-order valence-electron chi connectivity index (χ3n) is 3.25. The van der Waals surface area contributed by atoms with Crippen molar-refractivity contribution in [1.29, 1.82) is 0 Å². The molecule has 138 valence electrons. The minimum atomic E-state index is -3.94. The topological polar surface area (TPSA) is 142 Å². The fourth-order valence-corrected chi connectivity index (χ4v) is 3.05. The van der Waals surface area contributed by atoms with Crippen LogP contribution in [-0.4, -0.2) is 25.9 Å². The lowest BCUT2D eigenvalue weighted by Gasteiger charge is -2.10. The van der Waals surface area contributed by atoms with Crippen LogP contribution in [0.2, 0.25) is 5.02 Å². The molecule has 0 aliphatic heterocycles. The average Bonchev–Trinajstić information content (AvgIpc) is 2.54. The van der Waals surface area contributed by atoms with E-state index >= 15 is 0 Å². The number of anilines is 1. The number of nitrogens with one attached hydrogen (secondary N) is 1. The maximum absolute atomic E-state index is 12.0. The van der Waals surface area contributed by atoms with Crippen molar-refractivity contribution in [3.63, 3.8) is 0 Å².